The van der Waals surface area contributed by atoms with Gasteiger partial charge in [-0.15, -0.1) is 0 Å². The number of benzene rings is 3. The molecule has 2 heteroatoms. The molecular formula is C23H21Y2-. The van der Waals surface area contributed by atoms with Gasteiger partial charge in [-0.25, -0.2) is 0 Å². The van der Waals surface area contributed by atoms with E-state index in [-0.39, 0.29) is 65.4 Å². The van der Waals surface area contributed by atoms with E-state index in [4.69, 9.17) is 0 Å². The molecule has 0 aliphatic carbocycles. The van der Waals surface area contributed by atoms with Gasteiger partial charge in [0.1, 0.15) is 0 Å². The van der Waals surface area contributed by atoms with Crippen molar-refractivity contribution in [2.75, 3.05) is 0 Å². The first kappa shape index (κ1) is 22.6. The largest absolute Gasteiger partial charge is 0.295 e. The summed E-state index contributed by atoms with van der Waals surface area (Å²) in [5, 5.41) is 2.66. The van der Waals surface area contributed by atoms with Crippen molar-refractivity contribution in [3.63, 3.8) is 0 Å². The van der Waals surface area contributed by atoms with Crippen LogP contribution in [0.4, 0.5) is 0 Å². The fraction of sp³-hybridized carbons (Fsp3) is 0.174. The molecule has 0 nitrogen and oxygen atoms in total. The number of fused-ring (bicyclic) bond motifs is 1. The number of hydrogen-bond donors (Lipinski definition) is 0. The summed E-state index contributed by atoms with van der Waals surface area (Å²) in [4.78, 5) is 0. The molecule has 1 unspecified atom stereocenters. The summed E-state index contributed by atoms with van der Waals surface area (Å²) in [7, 11) is 0. The molecule has 0 N–H and O–H groups in total. The second-order valence-corrected chi connectivity index (χ2v) is 6.05. The summed E-state index contributed by atoms with van der Waals surface area (Å²) in [5.41, 5.74) is 3.73. The van der Waals surface area contributed by atoms with Crippen LogP contribution in [0, 0.1) is 25.2 Å². The van der Waals surface area contributed by atoms with Gasteiger partial charge in [0.15, 0.2) is 0 Å². The zero-order chi connectivity index (χ0) is 16.1. The van der Waals surface area contributed by atoms with E-state index < -0.39 is 0 Å². The van der Waals surface area contributed by atoms with Gasteiger partial charge in [-0.1, -0.05) is 91.2 Å². The minimum absolute atomic E-state index is 0. The Labute approximate surface area is 201 Å². The molecule has 0 saturated heterocycles. The average Bonchev–Trinajstić information content (AvgIpc) is 2.58. The monoisotopic (exact) mass is 475 g/mol. The molecule has 0 aliphatic heterocycles. The average molecular weight is 475 g/mol. The van der Waals surface area contributed by atoms with Gasteiger partial charge in [-0.3, -0.25) is 11.8 Å². The van der Waals surface area contributed by atoms with Crippen LogP contribution in [0.25, 0.3) is 10.8 Å². The van der Waals surface area contributed by atoms with Crippen LogP contribution in [0.1, 0.15) is 36.0 Å². The van der Waals surface area contributed by atoms with Gasteiger partial charge in [-0.2, -0.15) is 6.42 Å². The minimum atomic E-state index is 0. The van der Waals surface area contributed by atoms with Gasteiger partial charge in [0.25, 0.3) is 0 Å². The standard InChI is InChI=1S/C23H21.2Y/c1-18-9-7-12-20(17-18)11-4-3-10-19(2)22-16-8-14-21-13-5-6-15-23(21)22;;/h3,5-9,12-17,19H,10H2,1-2H3;;/q-1;;. The number of rotatable bonds is 3. The SMILES string of the molecule is Cc1cccc(C#C[CH-]CC(C)c2cccc3ccccc23)c1.[Y].[Y]. The first-order valence-corrected chi connectivity index (χ1v) is 8.11. The molecule has 0 spiro atoms. The fourth-order valence-corrected chi connectivity index (χ4v) is 2.90. The molecular weight excluding hydrogens is 454 g/mol. The topological polar surface area (TPSA) is 0 Å². The van der Waals surface area contributed by atoms with Crippen molar-refractivity contribution in [2.45, 2.75) is 26.2 Å². The molecule has 0 bridgehead atoms. The van der Waals surface area contributed by atoms with Crippen molar-refractivity contribution < 1.29 is 65.4 Å². The molecule has 0 fully saturated rings. The Hall–Kier alpha value is -0.442. The van der Waals surface area contributed by atoms with Crippen LogP contribution in [0.5, 0.6) is 0 Å². The Morgan fingerprint density at radius 2 is 1.64 bits per heavy atom. The molecule has 25 heavy (non-hydrogen) atoms. The van der Waals surface area contributed by atoms with Crippen LogP contribution in [0.3, 0.4) is 0 Å². The quantitative estimate of drug-likeness (QED) is 0.327. The molecule has 3 rings (SSSR count). The van der Waals surface area contributed by atoms with E-state index in [1.165, 1.54) is 21.9 Å². The van der Waals surface area contributed by atoms with Crippen LogP contribution < -0.4 is 0 Å². The maximum absolute atomic E-state index is 3.22. The summed E-state index contributed by atoms with van der Waals surface area (Å²) < 4.78 is 0. The molecule has 0 aliphatic rings. The van der Waals surface area contributed by atoms with Gasteiger partial charge >= 0.3 is 0 Å². The van der Waals surface area contributed by atoms with Crippen molar-refractivity contribution in [1.29, 1.82) is 0 Å². The predicted octanol–water partition coefficient (Wildman–Crippen LogP) is 5.89. The van der Waals surface area contributed by atoms with Gasteiger partial charge in [-0.05, 0) is 29.2 Å². The summed E-state index contributed by atoms with van der Waals surface area (Å²) >= 11 is 0. The van der Waals surface area contributed by atoms with E-state index in [0.29, 0.717) is 5.92 Å². The molecule has 1 atom stereocenters. The van der Waals surface area contributed by atoms with Crippen molar-refractivity contribution >= 4 is 10.8 Å². The Morgan fingerprint density at radius 3 is 2.44 bits per heavy atom. The minimum Gasteiger partial charge on any atom is -0.295 e. The molecule has 0 saturated carbocycles. The van der Waals surface area contributed by atoms with Crippen LogP contribution in [-0.4, -0.2) is 0 Å². The van der Waals surface area contributed by atoms with E-state index >= 15 is 0 Å². The smallest absolute Gasteiger partial charge is 0 e. The molecule has 2 radical (unpaired) electrons. The molecule has 120 valence electrons. The van der Waals surface area contributed by atoms with E-state index in [1.54, 1.807) is 0 Å². The Morgan fingerprint density at radius 1 is 0.920 bits per heavy atom. The fourth-order valence-electron chi connectivity index (χ4n) is 2.90. The third-order valence-electron chi connectivity index (χ3n) is 4.16. The van der Waals surface area contributed by atoms with E-state index in [9.17, 15) is 0 Å². The van der Waals surface area contributed by atoms with Gasteiger partial charge < -0.3 is 0 Å². The molecule has 3 aromatic rings. The molecule has 0 aromatic heterocycles. The van der Waals surface area contributed by atoms with Crippen LogP contribution in [-0.2, 0) is 65.4 Å². The van der Waals surface area contributed by atoms with E-state index in [0.717, 1.165) is 12.0 Å². The van der Waals surface area contributed by atoms with Crippen molar-refractivity contribution in [3.05, 3.63) is 89.8 Å². The zero-order valence-electron chi connectivity index (χ0n) is 14.9. The Balaban J connectivity index is 0.00000156. The van der Waals surface area contributed by atoms with Crippen molar-refractivity contribution in [3.8, 4) is 11.8 Å². The second-order valence-electron chi connectivity index (χ2n) is 6.05. The van der Waals surface area contributed by atoms with Gasteiger partial charge in [0.2, 0.25) is 0 Å². The third kappa shape index (κ3) is 6.34. The molecule has 3 aromatic carbocycles. The first-order chi connectivity index (χ1) is 11.2. The normalized spacial score (nSPS) is 10.6. The first-order valence-electron chi connectivity index (χ1n) is 8.11. The van der Waals surface area contributed by atoms with Crippen LogP contribution >= 0.6 is 0 Å². The predicted molar refractivity (Wildman–Crippen MR) is 99.3 cm³/mol. The summed E-state index contributed by atoms with van der Waals surface area (Å²) in [6.45, 7) is 4.37. The Bertz CT molecular complexity index is 866. The second kappa shape index (κ2) is 11.3. The van der Waals surface area contributed by atoms with Crippen LogP contribution in [0.15, 0.2) is 66.7 Å². The number of hydrogen-bond acceptors (Lipinski definition) is 0. The van der Waals surface area contributed by atoms with Gasteiger partial charge in [0.05, 0.1) is 0 Å². The van der Waals surface area contributed by atoms with Crippen LogP contribution in [0.2, 0.25) is 0 Å². The number of aryl methyl sites for hydroxylation is 1. The summed E-state index contributed by atoms with van der Waals surface area (Å²) in [6, 6.07) is 23.5. The molecule has 0 heterocycles. The molecule has 0 amide bonds. The van der Waals surface area contributed by atoms with Gasteiger partial charge in [0, 0.05) is 65.4 Å². The maximum Gasteiger partial charge on any atom is 0 e. The third-order valence-corrected chi connectivity index (χ3v) is 4.16. The maximum atomic E-state index is 3.22. The zero-order valence-corrected chi connectivity index (χ0v) is 20.5. The summed E-state index contributed by atoms with van der Waals surface area (Å²) in [5.74, 6) is 6.89. The van der Waals surface area contributed by atoms with E-state index in [1.807, 2.05) is 0 Å². The van der Waals surface area contributed by atoms with E-state index in [2.05, 4.69) is 98.8 Å². The van der Waals surface area contributed by atoms with Crippen molar-refractivity contribution in [2.24, 2.45) is 0 Å². The van der Waals surface area contributed by atoms with Crippen molar-refractivity contribution in [1.82, 2.24) is 0 Å². The summed E-state index contributed by atoms with van der Waals surface area (Å²) in [6.07, 6.45) is 3.06. The Kier molecular flexibility index (Phi) is 10.2.